The Kier molecular flexibility index (Phi) is 3.96. The Morgan fingerprint density at radius 3 is 1.73 bits per heavy atom. The van der Waals surface area contributed by atoms with Gasteiger partial charge in [0.25, 0.3) is 0 Å². The molecule has 0 fully saturated rings. The summed E-state index contributed by atoms with van der Waals surface area (Å²) in [6, 6.07) is 49.7. The van der Waals surface area contributed by atoms with Gasteiger partial charge < -0.3 is 0 Å². The van der Waals surface area contributed by atoms with Gasteiger partial charge in [0.15, 0.2) is 8.07 Å². The zero-order valence-electron chi connectivity index (χ0n) is 18.2. The SMILES string of the molecule is c1ccc([Si]2(c3ccccc3)c3ccccc3-c3c2ccc2c3ccc3ccccc32)cc1. The van der Waals surface area contributed by atoms with E-state index in [1.165, 1.54) is 53.4 Å². The first kappa shape index (κ1) is 18.6. The van der Waals surface area contributed by atoms with Crippen LogP contribution >= 0.6 is 0 Å². The first-order chi connectivity index (χ1) is 16.4. The van der Waals surface area contributed by atoms with Crippen molar-refractivity contribution in [2.24, 2.45) is 0 Å². The van der Waals surface area contributed by atoms with E-state index in [1.807, 2.05) is 0 Å². The number of fused-ring (bicyclic) bond motifs is 7. The second-order valence-corrected chi connectivity index (χ2v) is 12.6. The van der Waals surface area contributed by atoms with Crippen LogP contribution in [0.25, 0.3) is 32.7 Å². The van der Waals surface area contributed by atoms with Crippen LogP contribution in [-0.4, -0.2) is 8.07 Å². The Hall–Kier alpha value is -3.94. The molecule has 0 atom stereocenters. The molecule has 0 saturated carbocycles. The molecule has 0 N–H and O–H groups in total. The highest BCUT2D eigenvalue weighted by Crippen LogP contribution is 2.36. The lowest BCUT2D eigenvalue weighted by molar-refractivity contribution is 1.70. The van der Waals surface area contributed by atoms with Gasteiger partial charge in [-0.15, -0.1) is 0 Å². The summed E-state index contributed by atoms with van der Waals surface area (Å²) in [7, 11) is -2.41. The molecule has 7 rings (SSSR count). The maximum absolute atomic E-state index is 2.44. The van der Waals surface area contributed by atoms with Crippen molar-refractivity contribution in [3.8, 4) is 11.1 Å². The number of hydrogen-bond acceptors (Lipinski definition) is 0. The van der Waals surface area contributed by atoms with Crippen molar-refractivity contribution in [2.45, 2.75) is 0 Å². The van der Waals surface area contributed by atoms with Crippen molar-refractivity contribution in [1.29, 1.82) is 0 Å². The Labute approximate surface area is 194 Å². The highest BCUT2D eigenvalue weighted by Gasteiger charge is 2.48. The van der Waals surface area contributed by atoms with Gasteiger partial charge in [-0.1, -0.05) is 133 Å². The van der Waals surface area contributed by atoms with Crippen LogP contribution in [0, 0.1) is 0 Å². The van der Waals surface area contributed by atoms with Crippen molar-refractivity contribution in [3.05, 3.63) is 133 Å². The molecule has 0 bridgehead atoms. The van der Waals surface area contributed by atoms with Gasteiger partial charge in [-0.2, -0.15) is 0 Å². The van der Waals surface area contributed by atoms with Crippen LogP contribution in [0.15, 0.2) is 133 Å². The summed E-state index contributed by atoms with van der Waals surface area (Å²) in [4.78, 5) is 0. The molecule has 154 valence electrons. The standard InChI is InChI=1S/C32H22Si/c1-3-12-24(13-4-1)33(25-14-5-2-6-15-25)30-18-10-9-17-29(30)32-28-20-19-23-11-7-8-16-26(23)27(28)21-22-31(32)33/h1-22H. The van der Waals surface area contributed by atoms with Crippen molar-refractivity contribution >= 4 is 50.4 Å². The fourth-order valence-electron chi connectivity index (χ4n) is 6.03. The highest BCUT2D eigenvalue weighted by molar-refractivity contribution is 7.22. The molecule has 6 aromatic rings. The molecule has 0 aromatic heterocycles. The van der Waals surface area contributed by atoms with E-state index < -0.39 is 8.07 Å². The Balaban J connectivity index is 1.70. The lowest BCUT2D eigenvalue weighted by Crippen LogP contribution is -2.72. The minimum Gasteiger partial charge on any atom is -0.0623 e. The molecule has 1 aliphatic rings. The van der Waals surface area contributed by atoms with Gasteiger partial charge in [-0.25, -0.2) is 0 Å². The van der Waals surface area contributed by atoms with E-state index in [0.29, 0.717) is 0 Å². The lowest BCUT2D eigenvalue weighted by Gasteiger charge is -2.31. The quantitative estimate of drug-likeness (QED) is 0.254. The molecule has 0 nitrogen and oxygen atoms in total. The van der Waals surface area contributed by atoms with Crippen LogP contribution in [0.3, 0.4) is 0 Å². The molecule has 0 unspecified atom stereocenters. The van der Waals surface area contributed by atoms with E-state index in [9.17, 15) is 0 Å². The molecular formula is C32H22Si. The van der Waals surface area contributed by atoms with E-state index in [-0.39, 0.29) is 0 Å². The monoisotopic (exact) mass is 434 g/mol. The fourth-order valence-corrected chi connectivity index (χ4v) is 11.2. The number of rotatable bonds is 2. The minimum absolute atomic E-state index is 1.30. The molecule has 1 heterocycles. The summed E-state index contributed by atoms with van der Waals surface area (Å²) in [5.74, 6) is 0. The summed E-state index contributed by atoms with van der Waals surface area (Å²) in [6.07, 6.45) is 0. The molecule has 0 saturated heterocycles. The average Bonchev–Trinajstić information content (AvgIpc) is 3.21. The van der Waals surface area contributed by atoms with Gasteiger partial charge in [-0.3, -0.25) is 0 Å². The lowest BCUT2D eigenvalue weighted by atomic mass is 9.95. The maximum Gasteiger partial charge on any atom is 0.180 e. The first-order valence-corrected chi connectivity index (χ1v) is 13.5. The summed E-state index contributed by atoms with van der Waals surface area (Å²) in [6.45, 7) is 0. The second kappa shape index (κ2) is 7.03. The molecule has 0 radical (unpaired) electrons. The second-order valence-electron chi connectivity index (χ2n) is 8.90. The molecule has 0 aliphatic carbocycles. The molecule has 1 heteroatoms. The van der Waals surface area contributed by atoms with Crippen molar-refractivity contribution in [3.63, 3.8) is 0 Å². The highest BCUT2D eigenvalue weighted by atomic mass is 28.3. The van der Waals surface area contributed by atoms with Crippen LogP contribution in [-0.2, 0) is 0 Å². The first-order valence-electron chi connectivity index (χ1n) is 11.5. The van der Waals surface area contributed by atoms with Crippen LogP contribution in [0.2, 0.25) is 0 Å². The fraction of sp³-hybridized carbons (Fsp3) is 0. The van der Waals surface area contributed by atoms with Gasteiger partial charge >= 0.3 is 0 Å². The van der Waals surface area contributed by atoms with Gasteiger partial charge in [0.2, 0.25) is 0 Å². The van der Waals surface area contributed by atoms with Crippen LogP contribution in [0.1, 0.15) is 0 Å². The van der Waals surface area contributed by atoms with Crippen LogP contribution in [0.4, 0.5) is 0 Å². The van der Waals surface area contributed by atoms with Gasteiger partial charge in [-0.05, 0) is 53.4 Å². The van der Waals surface area contributed by atoms with E-state index in [1.54, 1.807) is 0 Å². The Bertz CT molecular complexity index is 1610. The summed E-state index contributed by atoms with van der Waals surface area (Å²) < 4.78 is 0. The van der Waals surface area contributed by atoms with E-state index in [0.717, 1.165) is 0 Å². The average molecular weight is 435 g/mol. The van der Waals surface area contributed by atoms with Gasteiger partial charge in [0, 0.05) is 0 Å². The van der Waals surface area contributed by atoms with Crippen molar-refractivity contribution < 1.29 is 0 Å². The van der Waals surface area contributed by atoms with E-state index in [4.69, 9.17) is 0 Å². The third-order valence-corrected chi connectivity index (χ3v) is 12.2. The van der Waals surface area contributed by atoms with E-state index in [2.05, 4.69) is 133 Å². The summed E-state index contributed by atoms with van der Waals surface area (Å²) >= 11 is 0. The Morgan fingerprint density at radius 2 is 0.970 bits per heavy atom. The van der Waals surface area contributed by atoms with Crippen LogP contribution in [0.5, 0.6) is 0 Å². The molecule has 0 amide bonds. The molecular weight excluding hydrogens is 412 g/mol. The van der Waals surface area contributed by atoms with E-state index >= 15 is 0 Å². The van der Waals surface area contributed by atoms with Gasteiger partial charge in [0.05, 0.1) is 0 Å². The predicted octanol–water partition coefficient (Wildman–Crippen LogP) is 5.35. The van der Waals surface area contributed by atoms with Crippen molar-refractivity contribution in [2.75, 3.05) is 0 Å². The summed E-state index contributed by atoms with van der Waals surface area (Å²) in [5, 5.41) is 11.2. The molecule has 1 aliphatic heterocycles. The predicted molar refractivity (Wildman–Crippen MR) is 144 cm³/mol. The molecule has 6 aromatic carbocycles. The minimum atomic E-state index is -2.41. The van der Waals surface area contributed by atoms with Crippen LogP contribution < -0.4 is 20.7 Å². The third kappa shape index (κ3) is 2.46. The third-order valence-electron chi connectivity index (χ3n) is 7.34. The Morgan fingerprint density at radius 1 is 0.364 bits per heavy atom. The molecule has 0 spiro atoms. The van der Waals surface area contributed by atoms with Gasteiger partial charge in [0.1, 0.15) is 0 Å². The maximum atomic E-state index is 2.44. The normalized spacial score (nSPS) is 13.7. The number of benzene rings is 6. The number of hydrogen-bond donors (Lipinski definition) is 0. The zero-order chi connectivity index (χ0) is 21.8. The smallest absolute Gasteiger partial charge is 0.0623 e. The largest absolute Gasteiger partial charge is 0.180 e. The molecule has 33 heavy (non-hydrogen) atoms. The topological polar surface area (TPSA) is 0 Å². The summed E-state index contributed by atoms with van der Waals surface area (Å²) in [5.41, 5.74) is 2.82. The van der Waals surface area contributed by atoms with Crippen molar-refractivity contribution in [1.82, 2.24) is 0 Å². The zero-order valence-corrected chi connectivity index (χ0v) is 19.2.